The van der Waals surface area contributed by atoms with Gasteiger partial charge in [0.05, 0.1) is 11.6 Å². The normalized spacial score (nSPS) is 12.0. The Labute approximate surface area is 128 Å². The largest absolute Gasteiger partial charge is 0.476 e. The van der Waals surface area contributed by atoms with Crippen molar-refractivity contribution in [1.29, 1.82) is 0 Å². The number of carboxylic acid groups (broad SMARTS) is 1. The molecule has 1 atom stereocenters. The third-order valence-corrected chi connectivity index (χ3v) is 3.52. The second kappa shape index (κ2) is 6.01. The molecule has 0 radical (unpaired) electrons. The Bertz CT molecular complexity index is 734. The zero-order chi connectivity index (χ0) is 16.4. The second-order valence-corrected chi connectivity index (χ2v) is 5.43. The molecule has 1 heterocycles. The van der Waals surface area contributed by atoms with Crippen molar-refractivity contribution >= 4 is 11.9 Å². The molecule has 0 aliphatic rings. The quantitative estimate of drug-likeness (QED) is 0.907. The maximum absolute atomic E-state index is 12.3. The van der Waals surface area contributed by atoms with E-state index in [4.69, 9.17) is 5.11 Å². The third-order valence-electron chi connectivity index (χ3n) is 3.52. The molecule has 22 heavy (non-hydrogen) atoms. The first-order valence-corrected chi connectivity index (χ1v) is 6.94. The van der Waals surface area contributed by atoms with Gasteiger partial charge in [0.2, 0.25) is 0 Å². The standard InChI is InChI=1S/C16H19N3O3/c1-9-5-6-12(10(2)7-9)11(3)17-15(20)13-8-19(4)18-14(13)16(21)22/h5-8,11H,1-4H3,(H,17,20)(H,21,22). The van der Waals surface area contributed by atoms with E-state index in [0.29, 0.717) is 0 Å². The summed E-state index contributed by atoms with van der Waals surface area (Å²) < 4.78 is 1.32. The molecule has 0 spiro atoms. The smallest absolute Gasteiger partial charge is 0.357 e. The Morgan fingerprint density at radius 2 is 2.00 bits per heavy atom. The Morgan fingerprint density at radius 1 is 1.32 bits per heavy atom. The first-order chi connectivity index (χ1) is 10.3. The van der Waals surface area contributed by atoms with Crippen molar-refractivity contribution in [1.82, 2.24) is 15.1 Å². The summed E-state index contributed by atoms with van der Waals surface area (Å²) in [5, 5.41) is 15.7. The van der Waals surface area contributed by atoms with Crippen LogP contribution < -0.4 is 5.32 Å². The summed E-state index contributed by atoms with van der Waals surface area (Å²) in [5.41, 5.74) is 3.05. The topological polar surface area (TPSA) is 84.2 Å². The fraction of sp³-hybridized carbons (Fsp3) is 0.312. The molecule has 2 N–H and O–H groups in total. The number of benzene rings is 1. The van der Waals surface area contributed by atoms with Gasteiger partial charge in [0.25, 0.3) is 5.91 Å². The molecule has 2 rings (SSSR count). The fourth-order valence-corrected chi connectivity index (χ4v) is 2.48. The van der Waals surface area contributed by atoms with Gasteiger partial charge in [0.15, 0.2) is 5.69 Å². The molecule has 6 heteroatoms. The molecular weight excluding hydrogens is 282 g/mol. The van der Waals surface area contributed by atoms with Crippen molar-refractivity contribution in [3.63, 3.8) is 0 Å². The van der Waals surface area contributed by atoms with Gasteiger partial charge in [-0.2, -0.15) is 5.10 Å². The Balaban J connectivity index is 2.23. The van der Waals surface area contributed by atoms with Crippen molar-refractivity contribution in [3.8, 4) is 0 Å². The van der Waals surface area contributed by atoms with Crippen LogP contribution in [-0.2, 0) is 7.05 Å². The molecule has 0 bridgehead atoms. The molecule has 0 saturated carbocycles. The summed E-state index contributed by atoms with van der Waals surface area (Å²) in [7, 11) is 1.58. The average molecular weight is 301 g/mol. The van der Waals surface area contributed by atoms with Crippen molar-refractivity contribution in [2.45, 2.75) is 26.8 Å². The highest BCUT2D eigenvalue weighted by molar-refractivity contribution is 6.03. The summed E-state index contributed by atoms with van der Waals surface area (Å²) in [6, 6.07) is 5.77. The Morgan fingerprint density at radius 3 is 2.59 bits per heavy atom. The maximum Gasteiger partial charge on any atom is 0.357 e. The summed E-state index contributed by atoms with van der Waals surface area (Å²) in [6.45, 7) is 5.86. The van der Waals surface area contributed by atoms with Crippen LogP contribution in [0.25, 0.3) is 0 Å². The van der Waals surface area contributed by atoms with Gasteiger partial charge < -0.3 is 10.4 Å². The SMILES string of the molecule is Cc1ccc(C(C)NC(=O)c2cn(C)nc2C(=O)O)c(C)c1. The highest BCUT2D eigenvalue weighted by atomic mass is 16.4. The van der Waals surface area contributed by atoms with E-state index in [1.54, 1.807) is 7.05 Å². The lowest BCUT2D eigenvalue weighted by molar-refractivity contribution is 0.0683. The van der Waals surface area contributed by atoms with Gasteiger partial charge in [-0.15, -0.1) is 0 Å². The summed E-state index contributed by atoms with van der Waals surface area (Å²) in [6.07, 6.45) is 1.41. The minimum Gasteiger partial charge on any atom is -0.476 e. The van der Waals surface area contributed by atoms with Crippen LogP contribution in [0.1, 0.15) is 50.5 Å². The van der Waals surface area contributed by atoms with Crippen molar-refractivity contribution < 1.29 is 14.7 Å². The number of amides is 1. The Hall–Kier alpha value is -2.63. The van der Waals surface area contributed by atoms with Crippen LogP contribution in [0.2, 0.25) is 0 Å². The molecule has 1 aromatic heterocycles. The van der Waals surface area contributed by atoms with Crippen LogP contribution in [0.3, 0.4) is 0 Å². The highest BCUT2D eigenvalue weighted by Gasteiger charge is 2.22. The number of carboxylic acids is 1. The van der Waals surface area contributed by atoms with Gasteiger partial charge in [0, 0.05) is 13.2 Å². The summed E-state index contributed by atoms with van der Waals surface area (Å²) in [5.74, 6) is -1.66. The molecule has 6 nitrogen and oxygen atoms in total. The van der Waals surface area contributed by atoms with Gasteiger partial charge in [-0.05, 0) is 31.9 Å². The van der Waals surface area contributed by atoms with E-state index in [1.165, 1.54) is 10.9 Å². The molecule has 1 amide bonds. The molecule has 0 aliphatic heterocycles. The van der Waals surface area contributed by atoms with Crippen LogP contribution in [0.4, 0.5) is 0 Å². The maximum atomic E-state index is 12.3. The lowest BCUT2D eigenvalue weighted by atomic mass is 10.00. The van der Waals surface area contributed by atoms with E-state index >= 15 is 0 Å². The van der Waals surface area contributed by atoms with Gasteiger partial charge in [0.1, 0.15) is 0 Å². The lowest BCUT2D eigenvalue weighted by Gasteiger charge is -2.17. The molecule has 1 aromatic carbocycles. The van der Waals surface area contributed by atoms with Crippen molar-refractivity contribution in [2.75, 3.05) is 0 Å². The number of aromatic carboxylic acids is 1. The monoisotopic (exact) mass is 301 g/mol. The molecule has 2 aromatic rings. The van der Waals surface area contributed by atoms with Crippen LogP contribution in [0, 0.1) is 13.8 Å². The number of aromatic nitrogens is 2. The lowest BCUT2D eigenvalue weighted by Crippen LogP contribution is -2.28. The zero-order valence-corrected chi connectivity index (χ0v) is 13.0. The summed E-state index contributed by atoms with van der Waals surface area (Å²) in [4.78, 5) is 23.4. The van der Waals surface area contributed by atoms with Crippen LogP contribution in [0.5, 0.6) is 0 Å². The number of nitrogens with one attached hydrogen (secondary N) is 1. The van der Waals surface area contributed by atoms with Crippen LogP contribution >= 0.6 is 0 Å². The molecule has 1 unspecified atom stereocenters. The minimum absolute atomic E-state index is 0.0617. The average Bonchev–Trinajstić information content (AvgIpc) is 2.81. The highest BCUT2D eigenvalue weighted by Crippen LogP contribution is 2.19. The number of carbonyl (C=O) groups is 2. The number of hydrogen-bond acceptors (Lipinski definition) is 3. The summed E-state index contributed by atoms with van der Waals surface area (Å²) >= 11 is 0. The van der Waals surface area contributed by atoms with E-state index < -0.39 is 11.9 Å². The van der Waals surface area contributed by atoms with E-state index in [9.17, 15) is 9.59 Å². The van der Waals surface area contributed by atoms with Gasteiger partial charge >= 0.3 is 5.97 Å². The molecular formula is C16H19N3O3. The Kier molecular flexibility index (Phi) is 4.30. The number of rotatable bonds is 4. The number of aryl methyl sites for hydroxylation is 3. The minimum atomic E-state index is -1.22. The molecule has 0 aliphatic carbocycles. The number of hydrogen-bond donors (Lipinski definition) is 2. The van der Waals surface area contributed by atoms with Crippen molar-refractivity contribution in [2.24, 2.45) is 7.05 Å². The zero-order valence-electron chi connectivity index (χ0n) is 13.0. The molecule has 116 valence electrons. The van der Waals surface area contributed by atoms with Crippen LogP contribution in [-0.4, -0.2) is 26.8 Å². The number of nitrogens with zero attached hydrogens (tertiary/aromatic N) is 2. The van der Waals surface area contributed by atoms with E-state index in [-0.39, 0.29) is 17.3 Å². The molecule has 0 saturated heterocycles. The van der Waals surface area contributed by atoms with E-state index in [2.05, 4.69) is 10.4 Å². The van der Waals surface area contributed by atoms with Gasteiger partial charge in [-0.3, -0.25) is 9.48 Å². The fourth-order valence-electron chi connectivity index (χ4n) is 2.48. The predicted octanol–water partition coefficient (Wildman–Crippen LogP) is 2.23. The van der Waals surface area contributed by atoms with Crippen LogP contribution in [0.15, 0.2) is 24.4 Å². The predicted molar refractivity (Wildman–Crippen MR) is 82.0 cm³/mol. The van der Waals surface area contributed by atoms with Gasteiger partial charge in [-0.1, -0.05) is 23.8 Å². The first kappa shape index (κ1) is 15.8. The van der Waals surface area contributed by atoms with Crippen molar-refractivity contribution in [3.05, 3.63) is 52.3 Å². The number of carbonyl (C=O) groups excluding carboxylic acids is 1. The van der Waals surface area contributed by atoms with E-state index in [0.717, 1.165) is 16.7 Å². The van der Waals surface area contributed by atoms with E-state index in [1.807, 2.05) is 39.0 Å². The van der Waals surface area contributed by atoms with Gasteiger partial charge in [-0.25, -0.2) is 4.79 Å². The second-order valence-electron chi connectivity index (χ2n) is 5.43. The first-order valence-electron chi connectivity index (χ1n) is 6.94. The third kappa shape index (κ3) is 3.16. The molecule has 0 fully saturated rings.